The number of aliphatic carboxylic acids is 1. The zero-order chi connectivity index (χ0) is 12.4. The molecule has 2 aliphatic rings. The van der Waals surface area contributed by atoms with Gasteiger partial charge in [0.05, 0.1) is 11.8 Å². The van der Waals surface area contributed by atoms with E-state index >= 15 is 0 Å². The summed E-state index contributed by atoms with van der Waals surface area (Å²) in [5, 5.41) is 12.3. The van der Waals surface area contributed by atoms with Gasteiger partial charge in [-0.15, -0.1) is 0 Å². The highest BCUT2D eigenvalue weighted by Crippen LogP contribution is 2.39. The molecular formula is C12H19NO3S. The molecule has 2 aliphatic carbocycles. The fourth-order valence-electron chi connectivity index (χ4n) is 2.59. The Morgan fingerprint density at radius 3 is 2.53 bits per heavy atom. The number of carbonyl (C=O) groups is 2. The van der Waals surface area contributed by atoms with Crippen LogP contribution in [0.25, 0.3) is 0 Å². The number of hydrogen-bond donors (Lipinski definition) is 2. The van der Waals surface area contributed by atoms with Crippen molar-refractivity contribution >= 4 is 23.6 Å². The second kappa shape index (κ2) is 5.29. The lowest BCUT2D eigenvalue weighted by Gasteiger charge is -2.31. The number of carboxylic acids is 1. The van der Waals surface area contributed by atoms with Crippen molar-refractivity contribution in [1.82, 2.24) is 5.32 Å². The molecule has 4 unspecified atom stereocenters. The minimum Gasteiger partial charge on any atom is -0.481 e. The summed E-state index contributed by atoms with van der Waals surface area (Å²) in [7, 11) is 0. The van der Waals surface area contributed by atoms with Crippen molar-refractivity contribution in [3.8, 4) is 0 Å². The van der Waals surface area contributed by atoms with Gasteiger partial charge in [0, 0.05) is 11.3 Å². The van der Waals surface area contributed by atoms with E-state index < -0.39 is 11.9 Å². The molecule has 1 amide bonds. The van der Waals surface area contributed by atoms with Gasteiger partial charge in [0.15, 0.2) is 0 Å². The maximum absolute atomic E-state index is 11.9. The van der Waals surface area contributed by atoms with Gasteiger partial charge in [-0.05, 0) is 25.5 Å². The van der Waals surface area contributed by atoms with Crippen LogP contribution in [0.1, 0.15) is 32.1 Å². The third kappa shape index (κ3) is 2.94. The number of amides is 1. The molecule has 0 heterocycles. The predicted molar refractivity (Wildman–Crippen MR) is 66.9 cm³/mol. The van der Waals surface area contributed by atoms with E-state index in [4.69, 9.17) is 5.11 Å². The topological polar surface area (TPSA) is 66.4 Å². The van der Waals surface area contributed by atoms with Crippen LogP contribution in [0.4, 0.5) is 0 Å². The predicted octanol–water partition coefficient (Wildman–Crippen LogP) is 1.50. The van der Waals surface area contributed by atoms with E-state index in [1.54, 1.807) is 11.8 Å². The Bertz CT molecular complexity index is 321. The smallest absolute Gasteiger partial charge is 0.307 e. The number of nitrogens with one attached hydrogen (secondary N) is 1. The largest absolute Gasteiger partial charge is 0.481 e. The summed E-state index contributed by atoms with van der Waals surface area (Å²) in [4.78, 5) is 22.6. The summed E-state index contributed by atoms with van der Waals surface area (Å²) in [6.45, 7) is 0. The molecule has 4 atom stereocenters. The molecule has 0 saturated heterocycles. The minimum atomic E-state index is -0.838. The van der Waals surface area contributed by atoms with Crippen LogP contribution in [0, 0.1) is 11.8 Å². The zero-order valence-corrected chi connectivity index (χ0v) is 10.8. The lowest BCUT2D eigenvalue weighted by atomic mass is 9.94. The second-order valence-corrected chi connectivity index (χ2v) is 6.04. The van der Waals surface area contributed by atoms with Gasteiger partial charge in [0.25, 0.3) is 0 Å². The molecule has 4 nitrogen and oxygen atoms in total. The Balaban J connectivity index is 1.84. The average molecular weight is 257 g/mol. The highest BCUT2D eigenvalue weighted by molar-refractivity contribution is 7.99. The molecular weight excluding hydrogens is 238 g/mol. The first-order valence-corrected chi connectivity index (χ1v) is 7.48. The van der Waals surface area contributed by atoms with E-state index in [9.17, 15) is 9.59 Å². The standard InChI is InChI=1S/C12H19NO3S/c1-17-10-5-3-2-4-9(10)13-11(14)7-6-8(7)12(15)16/h7-10H,2-6H2,1H3,(H,13,14)(H,15,16). The summed E-state index contributed by atoms with van der Waals surface area (Å²) in [6, 6.07) is 0.237. The lowest BCUT2D eigenvalue weighted by molar-refractivity contribution is -0.140. The fourth-order valence-corrected chi connectivity index (χ4v) is 3.53. The molecule has 0 spiro atoms. The molecule has 0 aromatic rings. The van der Waals surface area contributed by atoms with Crippen LogP contribution in [-0.2, 0) is 9.59 Å². The van der Waals surface area contributed by atoms with Crippen molar-refractivity contribution in [1.29, 1.82) is 0 Å². The van der Waals surface area contributed by atoms with Gasteiger partial charge in [-0.3, -0.25) is 9.59 Å². The highest BCUT2D eigenvalue weighted by Gasteiger charge is 2.48. The Hall–Kier alpha value is -0.710. The fraction of sp³-hybridized carbons (Fsp3) is 0.833. The van der Waals surface area contributed by atoms with Gasteiger partial charge in [-0.2, -0.15) is 11.8 Å². The molecule has 0 aromatic heterocycles. The van der Waals surface area contributed by atoms with E-state index in [0.29, 0.717) is 11.7 Å². The maximum atomic E-state index is 11.9. The monoisotopic (exact) mass is 257 g/mol. The van der Waals surface area contributed by atoms with E-state index in [1.165, 1.54) is 6.42 Å². The number of rotatable bonds is 4. The van der Waals surface area contributed by atoms with Crippen LogP contribution in [0.15, 0.2) is 0 Å². The first-order valence-electron chi connectivity index (χ1n) is 6.19. The van der Waals surface area contributed by atoms with Crippen molar-refractivity contribution in [2.45, 2.75) is 43.4 Å². The van der Waals surface area contributed by atoms with Gasteiger partial charge in [0.1, 0.15) is 0 Å². The molecule has 5 heteroatoms. The molecule has 96 valence electrons. The molecule has 0 aromatic carbocycles. The highest BCUT2D eigenvalue weighted by atomic mass is 32.2. The molecule has 0 bridgehead atoms. The molecule has 17 heavy (non-hydrogen) atoms. The zero-order valence-electron chi connectivity index (χ0n) is 10.0. The Morgan fingerprint density at radius 1 is 1.24 bits per heavy atom. The Morgan fingerprint density at radius 2 is 1.94 bits per heavy atom. The van der Waals surface area contributed by atoms with Gasteiger partial charge in [0.2, 0.25) is 5.91 Å². The molecule has 2 N–H and O–H groups in total. The molecule has 0 radical (unpaired) electrons. The van der Waals surface area contributed by atoms with Crippen molar-refractivity contribution in [2.24, 2.45) is 11.8 Å². The van der Waals surface area contributed by atoms with Gasteiger partial charge < -0.3 is 10.4 Å². The van der Waals surface area contributed by atoms with Gasteiger partial charge in [-0.1, -0.05) is 12.8 Å². The van der Waals surface area contributed by atoms with E-state index in [1.807, 2.05) is 0 Å². The normalized spacial score (nSPS) is 36.3. The Kier molecular flexibility index (Phi) is 3.97. The third-order valence-electron chi connectivity index (χ3n) is 3.78. The average Bonchev–Trinajstić information content (AvgIpc) is 3.09. The third-order valence-corrected chi connectivity index (χ3v) is 4.95. The first-order chi connectivity index (χ1) is 8.13. The van der Waals surface area contributed by atoms with Crippen LogP contribution in [-0.4, -0.2) is 34.5 Å². The maximum Gasteiger partial charge on any atom is 0.307 e. The van der Waals surface area contributed by atoms with Crippen LogP contribution in [0.2, 0.25) is 0 Å². The van der Waals surface area contributed by atoms with E-state index in [0.717, 1.165) is 19.3 Å². The SMILES string of the molecule is CSC1CCCCC1NC(=O)C1CC1C(=O)O. The summed E-state index contributed by atoms with van der Waals surface area (Å²) in [5.41, 5.74) is 0. The summed E-state index contributed by atoms with van der Waals surface area (Å²) < 4.78 is 0. The first kappa shape index (κ1) is 12.7. The summed E-state index contributed by atoms with van der Waals surface area (Å²) in [5.74, 6) is -1.61. The molecule has 0 aliphatic heterocycles. The van der Waals surface area contributed by atoms with Crippen molar-refractivity contribution < 1.29 is 14.7 Å². The second-order valence-electron chi connectivity index (χ2n) is 4.96. The number of thioether (sulfide) groups is 1. The van der Waals surface area contributed by atoms with Crippen molar-refractivity contribution in [2.75, 3.05) is 6.26 Å². The van der Waals surface area contributed by atoms with E-state index in [-0.39, 0.29) is 17.9 Å². The van der Waals surface area contributed by atoms with Crippen LogP contribution in [0.3, 0.4) is 0 Å². The van der Waals surface area contributed by atoms with Crippen molar-refractivity contribution in [3.63, 3.8) is 0 Å². The summed E-state index contributed by atoms with van der Waals surface area (Å²) in [6.07, 6.45) is 7.17. The molecule has 2 fully saturated rings. The van der Waals surface area contributed by atoms with Crippen LogP contribution < -0.4 is 5.32 Å². The van der Waals surface area contributed by atoms with Crippen LogP contribution in [0.5, 0.6) is 0 Å². The lowest BCUT2D eigenvalue weighted by Crippen LogP contribution is -2.44. The van der Waals surface area contributed by atoms with E-state index in [2.05, 4.69) is 11.6 Å². The molecule has 2 rings (SSSR count). The van der Waals surface area contributed by atoms with Crippen LogP contribution >= 0.6 is 11.8 Å². The van der Waals surface area contributed by atoms with Gasteiger partial charge >= 0.3 is 5.97 Å². The van der Waals surface area contributed by atoms with Crippen molar-refractivity contribution in [3.05, 3.63) is 0 Å². The van der Waals surface area contributed by atoms with Gasteiger partial charge in [-0.25, -0.2) is 0 Å². The number of carbonyl (C=O) groups excluding carboxylic acids is 1. The number of carboxylic acid groups (broad SMARTS) is 1. The number of hydrogen-bond acceptors (Lipinski definition) is 3. The quantitative estimate of drug-likeness (QED) is 0.801. The molecule has 2 saturated carbocycles. The Labute approximate surface area is 106 Å². The minimum absolute atomic E-state index is 0.0525. The summed E-state index contributed by atoms with van der Waals surface area (Å²) >= 11 is 1.80.